The summed E-state index contributed by atoms with van der Waals surface area (Å²) < 4.78 is 11.5. The minimum Gasteiger partial charge on any atom is -0.495 e. The largest absolute Gasteiger partial charge is 0.495 e. The van der Waals surface area contributed by atoms with Gasteiger partial charge in [-0.1, -0.05) is 54.1 Å². The molecule has 4 rings (SSSR count). The minimum absolute atomic E-state index is 0.111. The molecule has 0 aliphatic heterocycles. The van der Waals surface area contributed by atoms with Crippen molar-refractivity contribution < 1.29 is 9.15 Å². The molecule has 0 radical (unpaired) electrons. The molecule has 0 saturated carbocycles. The molecular weight excluding hydrogens is 386 g/mol. The quantitative estimate of drug-likeness (QED) is 0.331. The van der Waals surface area contributed by atoms with Gasteiger partial charge in [0, 0.05) is 16.0 Å². The molecule has 4 aromatic rings. The predicted molar refractivity (Wildman–Crippen MR) is 118 cm³/mol. The molecule has 3 N–H and O–H groups in total. The normalized spacial score (nSPS) is 10.8. The molecule has 0 unspecified atom stereocenters. The molecule has 29 heavy (non-hydrogen) atoms. The molecule has 0 bridgehead atoms. The zero-order chi connectivity index (χ0) is 20.4. The van der Waals surface area contributed by atoms with E-state index in [9.17, 15) is 0 Å². The van der Waals surface area contributed by atoms with Crippen molar-refractivity contribution in [3.05, 3.63) is 83.6 Å². The van der Waals surface area contributed by atoms with Gasteiger partial charge in [0.1, 0.15) is 17.1 Å². The van der Waals surface area contributed by atoms with Gasteiger partial charge in [0.2, 0.25) is 0 Å². The van der Waals surface area contributed by atoms with Crippen molar-refractivity contribution in [2.24, 2.45) is 5.73 Å². The van der Waals surface area contributed by atoms with Gasteiger partial charge in [-0.3, -0.25) is 5.41 Å². The lowest BCUT2D eigenvalue weighted by Gasteiger charge is -2.24. The Labute approximate surface area is 173 Å². The zero-order valence-electron chi connectivity index (χ0n) is 15.9. The molecule has 6 heteroatoms. The number of hydrogen-bond acceptors (Lipinski definition) is 3. The van der Waals surface area contributed by atoms with Crippen LogP contribution in [0.1, 0.15) is 5.76 Å². The lowest BCUT2D eigenvalue weighted by molar-refractivity contribution is 0.415. The van der Waals surface area contributed by atoms with Crippen LogP contribution in [0.4, 0.5) is 5.69 Å². The lowest BCUT2D eigenvalue weighted by atomic mass is 10.0. The summed E-state index contributed by atoms with van der Waals surface area (Å²) in [6, 6.07) is 23.1. The third kappa shape index (κ3) is 3.77. The van der Waals surface area contributed by atoms with Gasteiger partial charge in [0.15, 0.2) is 5.96 Å². The number of para-hydroxylation sites is 1. The summed E-state index contributed by atoms with van der Waals surface area (Å²) >= 11 is 6.38. The fourth-order valence-electron chi connectivity index (χ4n) is 3.33. The minimum atomic E-state index is -0.111. The molecule has 3 aromatic carbocycles. The number of rotatable bonds is 5. The second-order valence-electron chi connectivity index (χ2n) is 6.59. The van der Waals surface area contributed by atoms with E-state index in [0.717, 1.165) is 22.1 Å². The average Bonchev–Trinajstić information content (AvgIpc) is 3.14. The average molecular weight is 406 g/mol. The molecule has 0 saturated heterocycles. The highest BCUT2D eigenvalue weighted by Gasteiger charge is 2.19. The van der Waals surface area contributed by atoms with Gasteiger partial charge in [-0.2, -0.15) is 0 Å². The summed E-state index contributed by atoms with van der Waals surface area (Å²) in [5.74, 6) is 1.19. The Balaban J connectivity index is 1.77. The second-order valence-corrected chi connectivity index (χ2v) is 7.00. The number of benzene rings is 3. The van der Waals surface area contributed by atoms with Crippen LogP contribution in [0, 0.1) is 5.41 Å². The maximum atomic E-state index is 8.14. The van der Waals surface area contributed by atoms with Crippen molar-refractivity contribution in [2.45, 2.75) is 6.54 Å². The summed E-state index contributed by atoms with van der Waals surface area (Å²) in [7, 11) is 1.59. The number of ether oxygens (including phenoxy) is 1. The Morgan fingerprint density at radius 1 is 1.07 bits per heavy atom. The van der Waals surface area contributed by atoms with Gasteiger partial charge in [-0.25, -0.2) is 0 Å². The number of anilines is 1. The maximum Gasteiger partial charge on any atom is 0.193 e. The molecule has 1 heterocycles. The first kappa shape index (κ1) is 18.9. The standard InChI is InChI=1S/C23H20ClN3O2/c1-28-22-11-10-15(18-7-3-4-8-19(18)24)13-20(22)27(23(25)26)14-17-12-16-6-2-5-9-21(16)29-17/h2-13H,14H2,1H3,(H3,25,26). The fourth-order valence-corrected chi connectivity index (χ4v) is 3.58. The van der Waals surface area contributed by atoms with Crippen LogP contribution in [-0.2, 0) is 6.54 Å². The maximum absolute atomic E-state index is 8.14. The summed E-state index contributed by atoms with van der Waals surface area (Å²) in [5.41, 5.74) is 9.20. The summed E-state index contributed by atoms with van der Waals surface area (Å²) in [5, 5.41) is 9.79. The number of halogens is 1. The van der Waals surface area contributed by atoms with E-state index in [1.54, 1.807) is 12.0 Å². The number of nitrogens with two attached hydrogens (primary N) is 1. The first-order valence-electron chi connectivity index (χ1n) is 9.09. The van der Waals surface area contributed by atoms with Crippen molar-refractivity contribution in [2.75, 3.05) is 12.0 Å². The van der Waals surface area contributed by atoms with Crippen LogP contribution in [0.15, 0.2) is 77.2 Å². The number of guanidine groups is 1. The van der Waals surface area contributed by atoms with E-state index in [2.05, 4.69) is 0 Å². The molecule has 0 amide bonds. The highest BCUT2D eigenvalue weighted by atomic mass is 35.5. The van der Waals surface area contributed by atoms with Crippen LogP contribution in [0.3, 0.4) is 0 Å². The van der Waals surface area contributed by atoms with Crippen LogP contribution in [0.25, 0.3) is 22.1 Å². The fraction of sp³-hybridized carbons (Fsp3) is 0.0870. The smallest absolute Gasteiger partial charge is 0.193 e. The van der Waals surface area contributed by atoms with E-state index in [1.807, 2.05) is 72.8 Å². The van der Waals surface area contributed by atoms with Crippen molar-refractivity contribution in [1.29, 1.82) is 5.41 Å². The van der Waals surface area contributed by atoms with E-state index in [1.165, 1.54) is 0 Å². The van der Waals surface area contributed by atoms with E-state index < -0.39 is 0 Å². The highest BCUT2D eigenvalue weighted by molar-refractivity contribution is 6.33. The van der Waals surface area contributed by atoms with Gasteiger partial charge < -0.3 is 19.8 Å². The monoisotopic (exact) mass is 405 g/mol. The van der Waals surface area contributed by atoms with Crippen molar-refractivity contribution >= 4 is 34.2 Å². The first-order chi connectivity index (χ1) is 14.1. The van der Waals surface area contributed by atoms with Gasteiger partial charge in [-0.15, -0.1) is 0 Å². The Hall–Kier alpha value is -3.44. The molecular formula is C23H20ClN3O2. The van der Waals surface area contributed by atoms with Crippen LogP contribution in [0.2, 0.25) is 5.02 Å². The van der Waals surface area contributed by atoms with Crippen molar-refractivity contribution in [3.63, 3.8) is 0 Å². The van der Waals surface area contributed by atoms with Crippen LogP contribution in [-0.4, -0.2) is 13.1 Å². The van der Waals surface area contributed by atoms with Crippen LogP contribution < -0.4 is 15.4 Å². The SMILES string of the molecule is COc1ccc(-c2ccccc2Cl)cc1N(Cc1cc2ccccc2o1)C(=N)N. The van der Waals surface area contributed by atoms with Crippen molar-refractivity contribution in [3.8, 4) is 16.9 Å². The number of nitrogens with zero attached hydrogens (tertiary/aromatic N) is 1. The highest BCUT2D eigenvalue weighted by Crippen LogP contribution is 2.36. The van der Waals surface area contributed by atoms with E-state index in [0.29, 0.717) is 28.8 Å². The Kier molecular flexibility index (Phi) is 5.14. The molecule has 0 aliphatic rings. The number of nitrogens with one attached hydrogen (secondary N) is 1. The lowest BCUT2D eigenvalue weighted by Crippen LogP contribution is -2.36. The molecule has 0 aliphatic carbocycles. The first-order valence-corrected chi connectivity index (χ1v) is 9.46. The summed E-state index contributed by atoms with van der Waals surface area (Å²) in [4.78, 5) is 1.65. The van der Waals surface area contributed by atoms with E-state index >= 15 is 0 Å². The van der Waals surface area contributed by atoms with Gasteiger partial charge in [0.05, 0.1) is 19.3 Å². The number of methoxy groups -OCH3 is 1. The van der Waals surface area contributed by atoms with Gasteiger partial charge in [-0.05, 0) is 35.9 Å². The molecule has 0 atom stereocenters. The van der Waals surface area contributed by atoms with Crippen LogP contribution >= 0.6 is 11.6 Å². The molecule has 0 fully saturated rings. The molecule has 146 valence electrons. The molecule has 5 nitrogen and oxygen atoms in total. The summed E-state index contributed by atoms with van der Waals surface area (Å²) in [6.07, 6.45) is 0. The zero-order valence-corrected chi connectivity index (χ0v) is 16.6. The number of furan rings is 1. The number of fused-ring (bicyclic) bond motifs is 1. The Morgan fingerprint density at radius 3 is 2.55 bits per heavy atom. The van der Waals surface area contributed by atoms with Crippen LogP contribution in [0.5, 0.6) is 5.75 Å². The third-order valence-corrected chi connectivity index (χ3v) is 5.07. The van der Waals surface area contributed by atoms with Gasteiger partial charge >= 0.3 is 0 Å². The topological polar surface area (TPSA) is 75.5 Å². The van der Waals surface area contributed by atoms with Crippen molar-refractivity contribution in [1.82, 2.24) is 0 Å². The molecule has 1 aromatic heterocycles. The molecule has 0 spiro atoms. The van der Waals surface area contributed by atoms with Gasteiger partial charge in [0.25, 0.3) is 0 Å². The second kappa shape index (κ2) is 7.89. The Morgan fingerprint density at radius 2 is 1.83 bits per heavy atom. The van der Waals surface area contributed by atoms with E-state index in [4.69, 9.17) is 31.9 Å². The third-order valence-electron chi connectivity index (χ3n) is 4.74. The number of hydrogen-bond donors (Lipinski definition) is 2. The van der Waals surface area contributed by atoms with E-state index in [-0.39, 0.29) is 5.96 Å². The Bertz CT molecular complexity index is 1150. The summed E-state index contributed by atoms with van der Waals surface area (Å²) in [6.45, 7) is 0.298. The predicted octanol–water partition coefficient (Wildman–Crippen LogP) is 5.66.